The van der Waals surface area contributed by atoms with Crippen LogP contribution >= 0.6 is 11.3 Å². The van der Waals surface area contributed by atoms with Crippen molar-refractivity contribution in [2.45, 2.75) is 26.0 Å². The second-order valence-electron chi connectivity index (χ2n) is 5.02. The van der Waals surface area contributed by atoms with Crippen LogP contribution in [-0.2, 0) is 12.1 Å². The van der Waals surface area contributed by atoms with E-state index in [1.54, 1.807) is 11.3 Å². The molecule has 1 aromatic carbocycles. The Morgan fingerprint density at radius 3 is 2.47 bits per heavy atom. The third-order valence-electron chi connectivity index (χ3n) is 3.33. The van der Waals surface area contributed by atoms with Gasteiger partial charge >= 0.3 is 0 Å². The van der Waals surface area contributed by atoms with Crippen LogP contribution in [0.4, 0.5) is 0 Å². The summed E-state index contributed by atoms with van der Waals surface area (Å²) in [6, 6.07) is 14.1. The van der Waals surface area contributed by atoms with Crippen molar-refractivity contribution in [3.05, 3.63) is 58.3 Å². The second-order valence-corrected chi connectivity index (χ2v) is 6.05. The molecule has 0 aliphatic carbocycles. The number of rotatable bonds is 6. The van der Waals surface area contributed by atoms with E-state index in [4.69, 9.17) is 0 Å². The Kier molecular flexibility index (Phi) is 4.75. The minimum Gasteiger partial charge on any atom is -0.384 e. The highest BCUT2D eigenvalue weighted by molar-refractivity contribution is 7.09. The molecule has 0 amide bonds. The highest BCUT2D eigenvalue weighted by Gasteiger charge is 2.25. The molecule has 1 N–H and O–H groups in total. The number of hydrogen-bond donors (Lipinski definition) is 1. The highest BCUT2D eigenvalue weighted by Crippen LogP contribution is 2.23. The molecule has 1 aromatic heterocycles. The Morgan fingerprint density at radius 2 is 1.89 bits per heavy atom. The molecule has 0 saturated heterocycles. The molecule has 0 fully saturated rings. The molecular formula is C16H21NOS. The van der Waals surface area contributed by atoms with Crippen LogP contribution in [0.1, 0.15) is 24.3 Å². The largest absolute Gasteiger partial charge is 0.384 e. The molecule has 19 heavy (non-hydrogen) atoms. The summed E-state index contributed by atoms with van der Waals surface area (Å²) in [6.45, 7) is 6.50. The summed E-state index contributed by atoms with van der Waals surface area (Å²) >= 11 is 1.77. The van der Waals surface area contributed by atoms with E-state index in [1.807, 2.05) is 37.3 Å². The molecule has 0 aliphatic rings. The monoisotopic (exact) mass is 275 g/mol. The van der Waals surface area contributed by atoms with Gasteiger partial charge in [-0.25, -0.2) is 0 Å². The van der Waals surface area contributed by atoms with E-state index in [0.717, 1.165) is 18.7 Å². The van der Waals surface area contributed by atoms with Crippen LogP contribution in [0, 0.1) is 0 Å². The summed E-state index contributed by atoms with van der Waals surface area (Å²) < 4.78 is 0. The number of benzene rings is 1. The molecule has 3 heteroatoms. The predicted molar refractivity (Wildman–Crippen MR) is 81.3 cm³/mol. The molecule has 2 rings (SSSR count). The first kappa shape index (κ1) is 14.3. The second kappa shape index (κ2) is 6.33. The van der Waals surface area contributed by atoms with Crippen LogP contribution < -0.4 is 0 Å². The van der Waals surface area contributed by atoms with Crippen LogP contribution in [0.2, 0.25) is 0 Å². The fraction of sp³-hybridized carbons (Fsp3) is 0.375. The van der Waals surface area contributed by atoms with Gasteiger partial charge in [-0.1, -0.05) is 43.3 Å². The van der Waals surface area contributed by atoms with Gasteiger partial charge in [0.15, 0.2) is 0 Å². The van der Waals surface area contributed by atoms with Crippen molar-refractivity contribution in [2.24, 2.45) is 0 Å². The van der Waals surface area contributed by atoms with E-state index in [2.05, 4.69) is 29.3 Å². The van der Waals surface area contributed by atoms with E-state index in [0.29, 0.717) is 6.54 Å². The van der Waals surface area contributed by atoms with Crippen molar-refractivity contribution in [2.75, 3.05) is 13.1 Å². The lowest BCUT2D eigenvalue weighted by molar-refractivity contribution is 0.0152. The molecule has 102 valence electrons. The van der Waals surface area contributed by atoms with Crippen LogP contribution in [0.5, 0.6) is 0 Å². The first-order valence-corrected chi connectivity index (χ1v) is 7.52. The minimum atomic E-state index is -0.811. The Hall–Kier alpha value is -1.16. The molecule has 0 aliphatic heterocycles. The Balaban J connectivity index is 2.05. The zero-order valence-electron chi connectivity index (χ0n) is 11.5. The van der Waals surface area contributed by atoms with Crippen molar-refractivity contribution in [3.8, 4) is 0 Å². The molecule has 2 aromatic rings. The smallest absolute Gasteiger partial charge is 0.0994 e. The van der Waals surface area contributed by atoms with E-state index < -0.39 is 5.60 Å². The SMILES string of the molecule is CCN(Cc1cccs1)CC(C)(O)c1ccccc1. The van der Waals surface area contributed by atoms with Gasteiger partial charge in [-0.2, -0.15) is 0 Å². The molecule has 1 atom stereocenters. The van der Waals surface area contributed by atoms with Gasteiger partial charge in [-0.3, -0.25) is 4.90 Å². The van der Waals surface area contributed by atoms with Gasteiger partial charge in [0, 0.05) is 18.0 Å². The summed E-state index contributed by atoms with van der Waals surface area (Å²) in [5.74, 6) is 0. The fourth-order valence-corrected chi connectivity index (χ4v) is 2.97. The van der Waals surface area contributed by atoms with Gasteiger partial charge in [0.1, 0.15) is 0 Å². The normalized spacial score (nSPS) is 14.5. The number of likely N-dealkylation sites (N-methyl/N-ethyl adjacent to an activating group) is 1. The zero-order chi connectivity index (χ0) is 13.7. The van der Waals surface area contributed by atoms with Crippen LogP contribution in [0.15, 0.2) is 47.8 Å². The van der Waals surface area contributed by atoms with E-state index in [9.17, 15) is 5.11 Å². The summed E-state index contributed by atoms with van der Waals surface area (Å²) in [6.07, 6.45) is 0. The summed E-state index contributed by atoms with van der Waals surface area (Å²) in [4.78, 5) is 3.62. The van der Waals surface area contributed by atoms with Gasteiger partial charge in [-0.15, -0.1) is 11.3 Å². The number of aliphatic hydroxyl groups is 1. The summed E-state index contributed by atoms with van der Waals surface area (Å²) in [5, 5.41) is 12.8. The van der Waals surface area contributed by atoms with E-state index in [1.165, 1.54) is 4.88 Å². The average molecular weight is 275 g/mol. The maximum Gasteiger partial charge on any atom is 0.0994 e. The predicted octanol–water partition coefficient (Wildman–Crippen LogP) is 3.48. The molecule has 0 spiro atoms. The Bertz CT molecular complexity index is 479. The first-order valence-electron chi connectivity index (χ1n) is 6.64. The van der Waals surface area contributed by atoms with Gasteiger partial charge in [-0.05, 0) is 30.5 Å². The van der Waals surface area contributed by atoms with Crippen molar-refractivity contribution in [1.82, 2.24) is 4.90 Å². The molecular weight excluding hydrogens is 254 g/mol. The zero-order valence-corrected chi connectivity index (χ0v) is 12.4. The summed E-state index contributed by atoms with van der Waals surface area (Å²) in [7, 11) is 0. The quantitative estimate of drug-likeness (QED) is 0.872. The van der Waals surface area contributed by atoms with Crippen molar-refractivity contribution in [1.29, 1.82) is 0 Å². The van der Waals surface area contributed by atoms with Crippen molar-refractivity contribution in [3.63, 3.8) is 0 Å². The lowest BCUT2D eigenvalue weighted by Crippen LogP contribution is -2.38. The van der Waals surface area contributed by atoms with Crippen LogP contribution in [-0.4, -0.2) is 23.1 Å². The molecule has 0 saturated carbocycles. The Labute approximate surface area is 119 Å². The van der Waals surface area contributed by atoms with Gasteiger partial charge in [0.2, 0.25) is 0 Å². The maximum absolute atomic E-state index is 10.7. The first-order chi connectivity index (χ1) is 9.12. The van der Waals surface area contributed by atoms with Crippen LogP contribution in [0.25, 0.3) is 0 Å². The molecule has 2 nitrogen and oxygen atoms in total. The third-order valence-corrected chi connectivity index (χ3v) is 4.20. The van der Waals surface area contributed by atoms with E-state index in [-0.39, 0.29) is 0 Å². The summed E-state index contributed by atoms with van der Waals surface area (Å²) in [5.41, 5.74) is 0.161. The molecule has 0 bridgehead atoms. The lowest BCUT2D eigenvalue weighted by atomic mass is 9.95. The Morgan fingerprint density at radius 1 is 1.16 bits per heavy atom. The standard InChI is InChI=1S/C16H21NOS/c1-3-17(12-15-10-7-11-19-15)13-16(2,18)14-8-5-4-6-9-14/h4-11,18H,3,12-13H2,1-2H3. The number of nitrogens with zero attached hydrogens (tertiary/aromatic N) is 1. The topological polar surface area (TPSA) is 23.5 Å². The molecule has 1 heterocycles. The lowest BCUT2D eigenvalue weighted by Gasteiger charge is -2.31. The van der Waals surface area contributed by atoms with Crippen molar-refractivity contribution >= 4 is 11.3 Å². The van der Waals surface area contributed by atoms with Crippen LogP contribution in [0.3, 0.4) is 0 Å². The number of hydrogen-bond acceptors (Lipinski definition) is 3. The van der Waals surface area contributed by atoms with Gasteiger partial charge in [0.25, 0.3) is 0 Å². The van der Waals surface area contributed by atoms with Gasteiger partial charge in [0.05, 0.1) is 5.60 Å². The third kappa shape index (κ3) is 3.90. The van der Waals surface area contributed by atoms with Crippen molar-refractivity contribution < 1.29 is 5.11 Å². The van der Waals surface area contributed by atoms with Gasteiger partial charge < -0.3 is 5.11 Å². The molecule has 1 unspecified atom stereocenters. The van der Waals surface area contributed by atoms with E-state index >= 15 is 0 Å². The fourth-order valence-electron chi connectivity index (χ4n) is 2.23. The maximum atomic E-state index is 10.7. The average Bonchev–Trinajstić information content (AvgIpc) is 2.91. The number of thiophene rings is 1. The molecule has 0 radical (unpaired) electrons. The highest BCUT2D eigenvalue weighted by atomic mass is 32.1. The minimum absolute atomic E-state index is 0.644.